The van der Waals surface area contributed by atoms with E-state index in [1.165, 1.54) is 11.8 Å². The first kappa shape index (κ1) is 16.6. The van der Waals surface area contributed by atoms with Gasteiger partial charge in [-0.05, 0) is 24.9 Å². The molecule has 0 saturated heterocycles. The van der Waals surface area contributed by atoms with Gasteiger partial charge < -0.3 is 21.5 Å². The number of carbonyl (C=O) groups excluding carboxylic acids is 2. The monoisotopic (exact) mass is 277 g/mol. The third-order valence-electron chi connectivity index (χ3n) is 2.27. The van der Waals surface area contributed by atoms with Gasteiger partial charge in [-0.2, -0.15) is 11.8 Å². The molecule has 5 N–H and O–H groups in total. The van der Waals surface area contributed by atoms with Crippen molar-refractivity contribution in [1.82, 2.24) is 10.6 Å². The van der Waals surface area contributed by atoms with Crippen molar-refractivity contribution in [2.24, 2.45) is 5.73 Å². The summed E-state index contributed by atoms with van der Waals surface area (Å²) in [6.07, 6.45) is 2.53. The Labute approximate surface area is 110 Å². The molecule has 0 aromatic carbocycles. The van der Waals surface area contributed by atoms with E-state index in [2.05, 4.69) is 10.6 Å². The molecule has 0 spiro atoms. The predicted molar refractivity (Wildman–Crippen MR) is 69.4 cm³/mol. The van der Waals surface area contributed by atoms with Gasteiger partial charge in [0, 0.05) is 0 Å². The molecule has 104 valence electrons. The number of primary amides is 1. The maximum atomic E-state index is 11.8. The number of carbonyl (C=O) groups is 3. The largest absolute Gasteiger partial charge is 0.480 e. The second-order valence-corrected chi connectivity index (χ2v) is 4.64. The third-order valence-corrected chi connectivity index (χ3v) is 2.91. The lowest BCUT2D eigenvalue weighted by atomic mass is 10.1. The minimum absolute atomic E-state index is 0.271. The summed E-state index contributed by atoms with van der Waals surface area (Å²) in [4.78, 5) is 33.4. The Morgan fingerprint density at radius 3 is 2.28 bits per heavy atom. The molecule has 1 unspecified atom stereocenters. The highest BCUT2D eigenvalue weighted by Crippen LogP contribution is 2.02. The molecule has 0 fully saturated rings. The Morgan fingerprint density at radius 2 is 1.89 bits per heavy atom. The number of nitrogens with two attached hydrogens (primary N) is 1. The molecule has 0 aromatic heterocycles. The van der Waals surface area contributed by atoms with Gasteiger partial charge in [0.15, 0.2) is 0 Å². The number of hydrogen-bond acceptors (Lipinski definition) is 4. The number of rotatable bonds is 8. The van der Waals surface area contributed by atoms with Gasteiger partial charge in [-0.15, -0.1) is 0 Å². The molecular weight excluding hydrogens is 258 g/mol. The molecular formula is C10H19N3O4S. The zero-order valence-corrected chi connectivity index (χ0v) is 11.3. The topological polar surface area (TPSA) is 122 Å². The predicted octanol–water partition coefficient (Wildman–Crippen LogP) is -0.244. The Morgan fingerprint density at radius 1 is 1.28 bits per heavy atom. The zero-order valence-electron chi connectivity index (χ0n) is 10.4. The van der Waals surface area contributed by atoms with E-state index in [1.807, 2.05) is 6.26 Å². The van der Waals surface area contributed by atoms with Gasteiger partial charge in [-0.3, -0.25) is 4.79 Å². The maximum absolute atomic E-state index is 11.8. The smallest absolute Gasteiger partial charge is 0.326 e. The summed E-state index contributed by atoms with van der Waals surface area (Å²) in [7, 11) is 0. The minimum atomic E-state index is -1.10. The molecule has 0 rings (SSSR count). The molecule has 0 aliphatic heterocycles. The molecule has 0 aromatic rings. The minimum Gasteiger partial charge on any atom is -0.480 e. The van der Waals surface area contributed by atoms with Crippen LogP contribution in [0, 0.1) is 0 Å². The molecule has 0 saturated carbocycles. The van der Waals surface area contributed by atoms with Crippen LogP contribution >= 0.6 is 11.8 Å². The molecule has 0 aliphatic carbocycles. The summed E-state index contributed by atoms with van der Waals surface area (Å²) in [5.74, 6) is -0.979. The van der Waals surface area contributed by atoms with E-state index in [4.69, 9.17) is 10.8 Å². The van der Waals surface area contributed by atoms with Crippen molar-refractivity contribution >= 4 is 29.7 Å². The van der Waals surface area contributed by atoms with Gasteiger partial charge in [0.2, 0.25) is 5.91 Å². The summed E-state index contributed by atoms with van der Waals surface area (Å²) in [5.41, 5.74) is 4.97. The van der Waals surface area contributed by atoms with Gasteiger partial charge in [-0.1, -0.05) is 6.92 Å². The number of nitrogens with one attached hydrogen (secondary N) is 2. The van der Waals surface area contributed by atoms with Crippen LogP contribution in [0.15, 0.2) is 0 Å². The SMILES string of the molecule is CC[C@@H](NC(=O)C(CCSC)NC(N)=O)C(=O)O. The molecule has 0 heterocycles. The molecule has 3 amide bonds. The van der Waals surface area contributed by atoms with Crippen LogP contribution in [0.4, 0.5) is 4.79 Å². The van der Waals surface area contributed by atoms with Gasteiger partial charge in [0.05, 0.1) is 0 Å². The molecule has 0 radical (unpaired) electrons. The quantitative estimate of drug-likeness (QED) is 0.487. The van der Waals surface area contributed by atoms with Crippen LogP contribution in [0.1, 0.15) is 19.8 Å². The normalized spacial score (nSPS) is 13.4. The van der Waals surface area contributed by atoms with E-state index < -0.39 is 30.0 Å². The van der Waals surface area contributed by atoms with Crippen LogP contribution in [0.25, 0.3) is 0 Å². The number of amides is 3. The van der Waals surface area contributed by atoms with Gasteiger partial charge in [0.25, 0.3) is 0 Å². The second kappa shape index (κ2) is 8.62. The summed E-state index contributed by atoms with van der Waals surface area (Å²) in [6.45, 7) is 1.65. The van der Waals surface area contributed by atoms with Crippen molar-refractivity contribution in [2.75, 3.05) is 12.0 Å². The van der Waals surface area contributed by atoms with Crippen molar-refractivity contribution in [2.45, 2.75) is 31.8 Å². The Bertz CT molecular complexity index is 311. The molecule has 2 atom stereocenters. The summed E-state index contributed by atoms with van der Waals surface area (Å²) in [5, 5.41) is 13.5. The lowest BCUT2D eigenvalue weighted by Gasteiger charge is -2.19. The Hall–Kier alpha value is -1.44. The average molecular weight is 277 g/mol. The molecule has 18 heavy (non-hydrogen) atoms. The lowest BCUT2D eigenvalue weighted by Crippen LogP contribution is -2.52. The van der Waals surface area contributed by atoms with Crippen LogP contribution in [0.3, 0.4) is 0 Å². The van der Waals surface area contributed by atoms with Gasteiger partial charge >= 0.3 is 12.0 Å². The van der Waals surface area contributed by atoms with Crippen molar-refractivity contribution in [3.63, 3.8) is 0 Å². The number of aliphatic carboxylic acids is 1. The van der Waals surface area contributed by atoms with Crippen LogP contribution in [-0.2, 0) is 9.59 Å². The van der Waals surface area contributed by atoms with Gasteiger partial charge in [-0.25, -0.2) is 9.59 Å². The van der Waals surface area contributed by atoms with E-state index in [9.17, 15) is 14.4 Å². The van der Waals surface area contributed by atoms with E-state index in [-0.39, 0.29) is 6.42 Å². The number of hydrogen-bond donors (Lipinski definition) is 4. The van der Waals surface area contributed by atoms with Crippen molar-refractivity contribution in [3.05, 3.63) is 0 Å². The standard InChI is InChI=1S/C10H19N3O4S/c1-3-6(9(15)16)12-8(14)7(4-5-18-2)13-10(11)17/h6-7H,3-5H2,1-2H3,(H,12,14)(H,15,16)(H3,11,13,17)/t6-,7?/m1/s1. The summed E-state index contributed by atoms with van der Waals surface area (Å²) >= 11 is 1.52. The first-order chi connectivity index (χ1) is 8.42. The molecule has 7 nitrogen and oxygen atoms in total. The summed E-state index contributed by atoms with van der Waals surface area (Å²) in [6, 6.07) is -2.56. The van der Waals surface area contributed by atoms with Crippen LogP contribution in [-0.4, -0.2) is 47.1 Å². The Balaban J connectivity index is 4.52. The van der Waals surface area contributed by atoms with E-state index >= 15 is 0 Å². The first-order valence-electron chi connectivity index (χ1n) is 5.50. The average Bonchev–Trinajstić information content (AvgIpc) is 2.30. The number of urea groups is 1. The number of carboxylic acid groups (broad SMARTS) is 1. The highest BCUT2D eigenvalue weighted by Gasteiger charge is 2.24. The zero-order chi connectivity index (χ0) is 14.1. The maximum Gasteiger partial charge on any atom is 0.326 e. The highest BCUT2D eigenvalue weighted by molar-refractivity contribution is 7.98. The van der Waals surface area contributed by atoms with E-state index in [1.54, 1.807) is 6.92 Å². The van der Waals surface area contributed by atoms with Crippen molar-refractivity contribution in [1.29, 1.82) is 0 Å². The lowest BCUT2D eigenvalue weighted by molar-refractivity contribution is -0.142. The first-order valence-corrected chi connectivity index (χ1v) is 6.89. The summed E-state index contributed by atoms with van der Waals surface area (Å²) < 4.78 is 0. The molecule has 0 aliphatic rings. The Kier molecular flexibility index (Phi) is 7.93. The fourth-order valence-electron chi connectivity index (χ4n) is 1.29. The van der Waals surface area contributed by atoms with E-state index in [0.717, 1.165) is 0 Å². The fourth-order valence-corrected chi connectivity index (χ4v) is 1.76. The van der Waals surface area contributed by atoms with Crippen LogP contribution < -0.4 is 16.4 Å². The number of carboxylic acids is 1. The number of thioether (sulfide) groups is 1. The van der Waals surface area contributed by atoms with E-state index in [0.29, 0.717) is 12.2 Å². The highest BCUT2D eigenvalue weighted by atomic mass is 32.2. The molecule has 8 heteroatoms. The van der Waals surface area contributed by atoms with Crippen molar-refractivity contribution < 1.29 is 19.5 Å². The van der Waals surface area contributed by atoms with Crippen LogP contribution in [0.5, 0.6) is 0 Å². The second-order valence-electron chi connectivity index (χ2n) is 3.65. The molecule has 0 bridgehead atoms. The fraction of sp³-hybridized carbons (Fsp3) is 0.700. The third kappa shape index (κ3) is 6.33. The van der Waals surface area contributed by atoms with Gasteiger partial charge in [0.1, 0.15) is 12.1 Å². The van der Waals surface area contributed by atoms with Crippen LogP contribution in [0.2, 0.25) is 0 Å². The van der Waals surface area contributed by atoms with Crippen molar-refractivity contribution in [3.8, 4) is 0 Å².